The largest absolute Gasteiger partial charge is 0.394 e. The molecule has 0 aromatic heterocycles. The van der Waals surface area contributed by atoms with Crippen molar-refractivity contribution in [2.24, 2.45) is 23.7 Å². The van der Waals surface area contributed by atoms with Crippen LogP contribution in [0.4, 0.5) is 0 Å². The van der Waals surface area contributed by atoms with Crippen molar-refractivity contribution >= 4 is 0 Å². The molecule has 0 bridgehead atoms. The van der Waals surface area contributed by atoms with Gasteiger partial charge >= 0.3 is 0 Å². The molecule has 8 nitrogen and oxygen atoms in total. The van der Waals surface area contributed by atoms with Crippen LogP contribution in [-0.2, 0) is 19.1 Å². The van der Waals surface area contributed by atoms with Crippen LogP contribution in [0.3, 0.4) is 0 Å². The van der Waals surface area contributed by atoms with Gasteiger partial charge in [-0.3, -0.25) is 0 Å². The van der Waals surface area contributed by atoms with Crippen LogP contribution in [0, 0.1) is 36.5 Å². The van der Waals surface area contributed by atoms with E-state index in [-0.39, 0.29) is 26.7 Å². The van der Waals surface area contributed by atoms with Gasteiger partial charge in [0.25, 0.3) is 0 Å². The van der Waals surface area contributed by atoms with Crippen LogP contribution in [0.1, 0.15) is 60.3 Å². The lowest BCUT2D eigenvalue weighted by Crippen LogP contribution is -2.38. The fourth-order valence-corrected chi connectivity index (χ4v) is 4.34. The highest BCUT2D eigenvalue weighted by molar-refractivity contribution is 4.89. The standard InChI is InChI=1S/C15H28O4.C6H14O4.C2H2.CH4/c1-10(11(2)16)13-6-4-5-12-7-8-15(3,19-17)18-9-14(12)13;7-1-3-9-5-6-10-4-2-8;1-2;/h10-14,16-17H,4-9H2,1-3H3;7-8H,1-6H2;1-2H;1H4/t10-,11?,12?,13?,14?,15?;;;/m0.../s1. The predicted octanol–water partition coefficient (Wildman–Crippen LogP) is 2.94. The summed E-state index contributed by atoms with van der Waals surface area (Å²) in [5, 5.41) is 35.4. The number of terminal acetylenes is 1. The van der Waals surface area contributed by atoms with E-state index in [4.69, 9.17) is 29.7 Å². The first kappa shape index (κ1) is 33.4. The number of fused-ring (bicyclic) bond motifs is 1. The summed E-state index contributed by atoms with van der Waals surface area (Å²) >= 11 is 0. The maximum atomic E-state index is 9.88. The zero-order valence-electron chi connectivity index (χ0n) is 19.4. The molecule has 6 atom stereocenters. The van der Waals surface area contributed by atoms with Crippen molar-refractivity contribution < 1.29 is 39.7 Å². The third kappa shape index (κ3) is 12.5. The molecule has 0 amide bonds. The lowest BCUT2D eigenvalue weighted by Gasteiger charge is -2.41. The molecule has 0 radical (unpaired) electrons. The summed E-state index contributed by atoms with van der Waals surface area (Å²) in [5.74, 6) is 1.08. The average molecular weight is 465 g/mol. The highest BCUT2D eigenvalue weighted by Crippen LogP contribution is 2.45. The quantitative estimate of drug-likeness (QED) is 0.169. The van der Waals surface area contributed by atoms with E-state index in [0.717, 1.165) is 12.8 Å². The Labute approximate surface area is 195 Å². The van der Waals surface area contributed by atoms with Gasteiger partial charge in [-0.1, -0.05) is 27.2 Å². The Morgan fingerprint density at radius 1 is 1.00 bits per heavy atom. The molecule has 4 N–H and O–H groups in total. The van der Waals surface area contributed by atoms with Gasteiger partial charge < -0.3 is 29.5 Å². The molecule has 2 fully saturated rings. The SMILES string of the molecule is C.C#C.CC(O)[C@H](C)C1CCCC2CCC(C)(OO)OCC21.OCCOCCOCCO. The predicted molar refractivity (Wildman–Crippen MR) is 125 cm³/mol. The third-order valence-corrected chi connectivity index (χ3v) is 6.29. The average Bonchev–Trinajstić information content (AvgIpc) is 2.97. The van der Waals surface area contributed by atoms with E-state index in [9.17, 15) is 5.11 Å². The Morgan fingerprint density at radius 2 is 1.56 bits per heavy atom. The van der Waals surface area contributed by atoms with Crippen LogP contribution in [0.25, 0.3) is 0 Å². The zero-order chi connectivity index (χ0) is 23.7. The first-order valence-corrected chi connectivity index (χ1v) is 11.2. The summed E-state index contributed by atoms with van der Waals surface area (Å²) in [6.07, 6.45) is 13.1. The second kappa shape index (κ2) is 19.7. The van der Waals surface area contributed by atoms with Gasteiger partial charge in [0, 0.05) is 6.42 Å². The zero-order valence-corrected chi connectivity index (χ0v) is 19.4. The van der Waals surface area contributed by atoms with E-state index < -0.39 is 5.79 Å². The highest BCUT2D eigenvalue weighted by Gasteiger charge is 2.42. The lowest BCUT2D eigenvalue weighted by molar-refractivity contribution is -0.399. The molecule has 2 rings (SSSR count). The molecule has 5 unspecified atom stereocenters. The minimum Gasteiger partial charge on any atom is -0.394 e. The Kier molecular flexibility index (Phi) is 20.6. The Balaban J connectivity index is 0. The van der Waals surface area contributed by atoms with Crippen LogP contribution >= 0.6 is 0 Å². The Morgan fingerprint density at radius 3 is 2.03 bits per heavy atom. The summed E-state index contributed by atoms with van der Waals surface area (Å²) < 4.78 is 15.6. The van der Waals surface area contributed by atoms with Gasteiger partial charge in [-0.2, -0.15) is 0 Å². The van der Waals surface area contributed by atoms with Crippen LogP contribution in [0.2, 0.25) is 0 Å². The molecular formula is C24H48O8. The van der Waals surface area contributed by atoms with Crippen molar-refractivity contribution in [1.29, 1.82) is 0 Å². The van der Waals surface area contributed by atoms with Crippen LogP contribution < -0.4 is 0 Å². The summed E-state index contributed by atoms with van der Waals surface area (Å²) in [6, 6.07) is 0. The topological polar surface area (TPSA) is 118 Å². The minimum atomic E-state index is -0.851. The summed E-state index contributed by atoms with van der Waals surface area (Å²) in [4.78, 5) is 4.54. The maximum Gasteiger partial charge on any atom is 0.198 e. The molecule has 8 heteroatoms. The molecule has 1 saturated carbocycles. The van der Waals surface area contributed by atoms with Crippen molar-refractivity contribution in [3.63, 3.8) is 0 Å². The molecule has 1 saturated heterocycles. The Bertz CT molecular complexity index is 437. The van der Waals surface area contributed by atoms with E-state index in [0.29, 0.717) is 56.7 Å². The second-order valence-corrected chi connectivity index (χ2v) is 8.37. The van der Waals surface area contributed by atoms with Gasteiger partial charge in [-0.05, 0) is 50.4 Å². The molecule has 1 aliphatic heterocycles. The van der Waals surface area contributed by atoms with E-state index in [2.05, 4.69) is 24.7 Å². The maximum absolute atomic E-state index is 9.88. The van der Waals surface area contributed by atoms with E-state index in [1.165, 1.54) is 19.3 Å². The van der Waals surface area contributed by atoms with Crippen molar-refractivity contribution in [3.8, 4) is 12.8 Å². The molecular weight excluding hydrogens is 416 g/mol. The molecule has 0 spiro atoms. The van der Waals surface area contributed by atoms with Crippen molar-refractivity contribution in [2.45, 2.75) is 72.2 Å². The molecule has 1 heterocycles. The van der Waals surface area contributed by atoms with Gasteiger partial charge in [-0.15, -0.1) is 12.8 Å². The Hall–Kier alpha value is -0.760. The fourth-order valence-electron chi connectivity index (χ4n) is 4.34. The van der Waals surface area contributed by atoms with Gasteiger partial charge in [0.1, 0.15) is 0 Å². The first-order valence-electron chi connectivity index (χ1n) is 11.2. The van der Waals surface area contributed by atoms with Crippen LogP contribution in [0.15, 0.2) is 0 Å². The summed E-state index contributed by atoms with van der Waals surface area (Å²) in [6.45, 7) is 8.18. The minimum absolute atomic E-state index is 0. The second-order valence-electron chi connectivity index (χ2n) is 8.37. The third-order valence-electron chi connectivity index (χ3n) is 6.29. The number of hydrogen-bond acceptors (Lipinski definition) is 8. The summed E-state index contributed by atoms with van der Waals surface area (Å²) in [7, 11) is 0. The van der Waals surface area contributed by atoms with E-state index in [1.54, 1.807) is 6.92 Å². The highest BCUT2D eigenvalue weighted by atomic mass is 17.1. The van der Waals surface area contributed by atoms with Gasteiger partial charge in [0.15, 0.2) is 5.79 Å². The van der Waals surface area contributed by atoms with Crippen LogP contribution in [0.5, 0.6) is 0 Å². The molecule has 32 heavy (non-hydrogen) atoms. The molecule has 192 valence electrons. The smallest absolute Gasteiger partial charge is 0.198 e. The van der Waals surface area contributed by atoms with Gasteiger partial charge in [0.2, 0.25) is 0 Å². The van der Waals surface area contributed by atoms with Crippen molar-refractivity contribution in [1.82, 2.24) is 0 Å². The van der Waals surface area contributed by atoms with Crippen molar-refractivity contribution in [2.75, 3.05) is 46.2 Å². The molecule has 1 aliphatic carbocycles. The van der Waals surface area contributed by atoms with Gasteiger partial charge in [-0.25, -0.2) is 10.1 Å². The normalized spacial score (nSPS) is 28.8. The van der Waals surface area contributed by atoms with Gasteiger partial charge in [0.05, 0.1) is 52.4 Å². The lowest BCUT2D eigenvalue weighted by atomic mass is 9.66. The van der Waals surface area contributed by atoms with E-state index >= 15 is 0 Å². The number of hydrogen-bond donors (Lipinski definition) is 4. The number of rotatable bonds is 10. The fraction of sp³-hybridized carbons (Fsp3) is 0.917. The number of aliphatic hydroxyl groups is 3. The number of ether oxygens (including phenoxy) is 3. The monoisotopic (exact) mass is 464 g/mol. The summed E-state index contributed by atoms with van der Waals surface area (Å²) in [5.41, 5.74) is 0. The van der Waals surface area contributed by atoms with E-state index in [1.807, 2.05) is 6.92 Å². The molecule has 0 aromatic carbocycles. The van der Waals surface area contributed by atoms with Crippen LogP contribution in [-0.4, -0.2) is 78.7 Å². The first-order chi connectivity index (χ1) is 14.9. The van der Waals surface area contributed by atoms with Crippen molar-refractivity contribution in [3.05, 3.63) is 0 Å². The molecule has 2 aliphatic rings. The number of aliphatic hydroxyl groups excluding tert-OH is 3. The molecule has 0 aromatic rings.